The molecular weight excluding hydrogens is 260 g/mol. The second-order valence-corrected chi connectivity index (χ2v) is 5.36. The molecule has 110 valence electrons. The zero-order chi connectivity index (χ0) is 15.2. The number of anilines is 1. The Kier molecular flexibility index (Phi) is 5.52. The van der Waals surface area contributed by atoms with Crippen molar-refractivity contribution in [3.63, 3.8) is 0 Å². The van der Waals surface area contributed by atoms with E-state index in [2.05, 4.69) is 10.6 Å². The van der Waals surface area contributed by atoms with Crippen LogP contribution < -0.4 is 15.4 Å². The van der Waals surface area contributed by atoms with E-state index < -0.39 is 5.97 Å². The third kappa shape index (κ3) is 6.75. The monoisotopic (exact) mass is 280 g/mol. The van der Waals surface area contributed by atoms with E-state index in [0.29, 0.717) is 11.4 Å². The zero-order valence-corrected chi connectivity index (χ0v) is 11.9. The second-order valence-electron chi connectivity index (χ2n) is 5.36. The standard InChI is InChI=1S/C14H20N2O4/c1-14(2,3)15-8-12(17)16-10-4-6-11(7-5-10)20-9-13(18)19/h4-7,15H,8-9H2,1-3H3,(H,16,17)(H,18,19). The molecule has 0 aliphatic rings. The summed E-state index contributed by atoms with van der Waals surface area (Å²) in [7, 11) is 0. The first kappa shape index (κ1) is 16.0. The van der Waals surface area contributed by atoms with E-state index in [0.717, 1.165) is 0 Å². The molecular formula is C14H20N2O4. The van der Waals surface area contributed by atoms with Gasteiger partial charge in [0.05, 0.1) is 6.54 Å². The number of carboxylic acid groups (broad SMARTS) is 1. The van der Waals surface area contributed by atoms with Crippen LogP contribution in [0.4, 0.5) is 5.69 Å². The third-order valence-electron chi connectivity index (χ3n) is 2.28. The van der Waals surface area contributed by atoms with Crippen LogP contribution in [0.1, 0.15) is 20.8 Å². The van der Waals surface area contributed by atoms with Gasteiger partial charge in [-0.1, -0.05) is 0 Å². The maximum Gasteiger partial charge on any atom is 0.341 e. The predicted octanol–water partition coefficient (Wildman–Crippen LogP) is 1.48. The Morgan fingerprint density at radius 1 is 1.20 bits per heavy atom. The Bertz CT molecular complexity index is 463. The number of amides is 1. The molecule has 1 amide bonds. The molecule has 6 heteroatoms. The van der Waals surface area contributed by atoms with E-state index in [-0.39, 0.29) is 24.6 Å². The molecule has 20 heavy (non-hydrogen) atoms. The number of hydrogen-bond acceptors (Lipinski definition) is 4. The molecule has 0 radical (unpaired) electrons. The number of carbonyl (C=O) groups excluding carboxylic acids is 1. The molecule has 0 saturated carbocycles. The van der Waals surface area contributed by atoms with Gasteiger partial charge in [-0.3, -0.25) is 4.79 Å². The fourth-order valence-electron chi connectivity index (χ4n) is 1.33. The van der Waals surface area contributed by atoms with Gasteiger partial charge in [-0.2, -0.15) is 0 Å². The second kappa shape index (κ2) is 6.91. The molecule has 0 aliphatic heterocycles. The highest BCUT2D eigenvalue weighted by Crippen LogP contribution is 2.15. The molecule has 0 saturated heterocycles. The highest BCUT2D eigenvalue weighted by molar-refractivity contribution is 5.92. The van der Waals surface area contributed by atoms with Crippen molar-refractivity contribution in [2.45, 2.75) is 26.3 Å². The third-order valence-corrected chi connectivity index (χ3v) is 2.28. The van der Waals surface area contributed by atoms with Crippen molar-refractivity contribution < 1.29 is 19.4 Å². The molecule has 1 rings (SSSR count). The number of hydrogen-bond donors (Lipinski definition) is 3. The summed E-state index contributed by atoms with van der Waals surface area (Å²) < 4.78 is 4.99. The minimum absolute atomic E-state index is 0.119. The highest BCUT2D eigenvalue weighted by Gasteiger charge is 2.11. The fraction of sp³-hybridized carbons (Fsp3) is 0.429. The van der Waals surface area contributed by atoms with Crippen LogP contribution in [0, 0.1) is 0 Å². The van der Waals surface area contributed by atoms with Crippen LogP contribution in [0.3, 0.4) is 0 Å². The van der Waals surface area contributed by atoms with Crippen molar-refractivity contribution in [3.05, 3.63) is 24.3 Å². The van der Waals surface area contributed by atoms with Gasteiger partial charge in [0.1, 0.15) is 5.75 Å². The molecule has 0 aromatic heterocycles. The van der Waals surface area contributed by atoms with Gasteiger partial charge in [0.15, 0.2) is 6.61 Å². The van der Waals surface area contributed by atoms with Crippen LogP contribution in [-0.2, 0) is 9.59 Å². The van der Waals surface area contributed by atoms with Crippen LogP contribution in [0.5, 0.6) is 5.75 Å². The number of benzene rings is 1. The van der Waals surface area contributed by atoms with Gasteiger partial charge < -0.3 is 20.5 Å². The van der Waals surface area contributed by atoms with Crippen molar-refractivity contribution >= 4 is 17.6 Å². The maximum absolute atomic E-state index is 11.7. The first-order chi connectivity index (χ1) is 9.26. The van der Waals surface area contributed by atoms with Crippen molar-refractivity contribution in [2.24, 2.45) is 0 Å². The summed E-state index contributed by atoms with van der Waals surface area (Å²) in [5, 5.41) is 14.3. The summed E-state index contributed by atoms with van der Waals surface area (Å²) in [6.07, 6.45) is 0. The molecule has 0 atom stereocenters. The largest absolute Gasteiger partial charge is 0.482 e. The van der Waals surface area contributed by atoms with Crippen LogP contribution in [0.25, 0.3) is 0 Å². The van der Waals surface area contributed by atoms with E-state index in [1.807, 2.05) is 20.8 Å². The van der Waals surface area contributed by atoms with Gasteiger partial charge >= 0.3 is 5.97 Å². The Morgan fingerprint density at radius 2 is 1.80 bits per heavy atom. The van der Waals surface area contributed by atoms with E-state index in [9.17, 15) is 9.59 Å². The Balaban J connectivity index is 2.44. The first-order valence-corrected chi connectivity index (χ1v) is 6.26. The molecule has 0 unspecified atom stereocenters. The lowest BCUT2D eigenvalue weighted by Crippen LogP contribution is -2.41. The summed E-state index contributed by atoms with van der Waals surface area (Å²) in [5.41, 5.74) is 0.514. The molecule has 0 aliphatic carbocycles. The SMILES string of the molecule is CC(C)(C)NCC(=O)Nc1ccc(OCC(=O)O)cc1. The molecule has 3 N–H and O–H groups in total. The van der Waals surface area contributed by atoms with Crippen LogP contribution >= 0.6 is 0 Å². The Morgan fingerprint density at radius 3 is 2.30 bits per heavy atom. The van der Waals surface area contributed by atoms with Gasteiger partial charge in [-0.25, -0.2) is 4.79 Å². The summed E-state index contributed by atoms with van der Waals surface area (Å²) in [5.74, 6) is -0.729. The lowest BCUT2D eigenvalue weighted by Gasteiger charge is -2.20. The number of ether oxygens (including phenoxy) is 1. The summed E-state index contributed by atoms with van der Waals surface area (Å²) >= 11 is 0. The number of carbonyl (C=O) groups is 2. The molecule has 0 spiro atoms. The van der Waals surface area contributed by atoms with Crippen LogP contribution in [0.15, 0.2) is 24.3 Å². The number of nitrogens with one attached hydrogen (secondary N) is 2. The molecule has 6 nitrogen and oxygen atoms in total. The molecule has 0 fully saturated rings. The molecule has 1 aromatic rings. The summed E-state index contributed by atoms with van der Waals surface area (Å²) in [6.45, 7) is 5.78. The van der Waals surface area contributed by atoms with E-state index in [4.69, 9.17) is 9.84 Å². The maximum atomic E-state index is 11.7. The normalized spacial score (nSPS) is 10.9. The van der Waals surface area contributed by atoms with Gasteiger partial charge in [0, 0.05) is 11.2 Å². The fourth-order valence-corrected chi connectivity index (χ4v) is 1.33. The van der Waals surface area contributed by atoms with E-state index in [1.54, 1.807) is 24.3 Å². The van der Waals surface area contributed by atoms with Crippen molar-refractivity contribution in [2.75, 3.05) is 18.5 Å². The number of aliphatic carboxylic acids is 1. The lowest BCUT2D eigenvalue weighted by atomic mass is 10.1. The lowest BCUT2D eigenvalue weighted by molar-refractivity contribution is -0.139. The van der Waals surface area contributed by atoms with Gasteiger partial charge in [-0.05, 0) is 45.0 Å². The quantitative estimate of drug-likeness (QED) is 0.734. The minimum atomic E-state index is -1.03. The van der Waals surface area contributed by atoms with Crippen LogP contribution in [0.2, 0.25) is 0 Å². The highest BCUT2D eigenvalue weighted by atomic mass is 16.5. The average molecular weight is 280 g/mol. The van der Waals surface area contributed by atoms with Crippen molar-refractivity contribution in [1.82, 2.24) is 5.32 Å². The predicted molar refractivity (Wildman–Crippen MR) is 76.0 cm³/mol. The number of rotatable bonds is 6. The zero-order valence-electron chi connectivity index (χ0n) is 11.9. The first-order valence-electron chi connectivity index (χ1n) is 6.26. The van der Waals surface area contributed by atoms with Gasteiger partial charge in [0.25, 0.3) is 0 Å². The topological polar surface area (TPSA) is 87.7 Å². The van der Waals surface area contributed by atoms with Gasteiger partial charge in [-0.15, -0.1) is 0 Å². The van der Waals surface area contributed by atoms with Gasteiger partial charge in [0.2, 0.25) is 5.91 Å². The summed E-state index contributed by atoms with van der Waals surface area (Å²) in [6, 6.07) is 6.53. The molecule has 0 heterocycles. The number of carboxylic acids is 1. The smallest absolute Gasteiger partial charge is 0.341 e. The Hall–Kier alpha value is -2.08. The Labute approximate surface area is 118 Å². The molecule has 1 aromatic carbocycles. The van der Waals surface area contributed by atoms with Crippen molar-refractivity contribution in [3.8, 4) is 5.75 Å². The van der Waals surface area contributed by atoms with E-state index >= 15 is 0 Å². The molecule has 0 bridgehead atoms. The average Bonchev–Trinajstić information content (AvgIpc) is 2.35. The minimum Gasteiger partial charge on any atom is -0.482 e. The van der Waals surface area contributed by atoms with Crippen molar-refractivity contribution in [1.29, 1.82) is 0 Å². The summed E-state index contributed by atoms with van der Waals surface area (Å²) in [4.78, 5) is 22.0. The van der Waals surface area contributed by atoms with E-state index in [1.165, 1.54) is 0 Å². The van der Waals surface area contributed by atoms with Crippen LogP contribution in [-0.4, -0.2) is 35.7 Å².